The quantitative estimate of drug-likeness (QED) is 0.932. The molecule has 2 aromatic rings. The number of anilines is 1. The van der Waals surface area contributed by atoms with Gasteiger partial charge in [-0.25, -0.2) is 4.98 Å². The summed E-state index contributed by atoms with van der Waals surface area (Å²) in [7, 11) is 0. The third kappa shape index (κ3) is 2.54. The number of hydrogen-bond donors (Lipinski definition) is 1. The number of halogens is 1. The topological polar surface area (TPSA) is 48.7 Å². The van der Waals surface area contributed by atoms with E-state index in [0.717, 1.165) is 35.0 Å². The lowest BCUT2D eigenvalue weighted by Gasteiger charge is -2.10. The summed E-state index contributed by atoms with van der Waals surface area (Å²) in [6.07, 6.45) is 3.20. The highest BCUT2D eigenvalue weighted by Gasteiger charge is 2.16. The van der Waals surface area contributed by atoms with Crippen molar-refractivity contribution in [1.82, 2.24) is 4.98 Å². The Morgan fingerprint density at radius 2 is 2.15 bits per heavy atom. The Bertz CT molecular complexity index is 689. The summed E-state index contributed by atoms with van der Waals surface area (Å²) < 4.78 is 1.06. The molecule has 0 atom stereocenters. The van der Waals surface area contributed by atoms with E-state index in [4.69, 9.17) is 0 Å². The van der Waals surface area contributed by atoms with Crippen molar-refractivity contribution in [2.75, 3.05) is 5.32 Å². The minimum atomic E-state index is 0.637. The average Bonchev–Trinajstić information content (AvgIpc) is 2.92. The van der Waals surface area contributed by atoms with E-state index in [-0.39, 0.29) is 0 Å². The highest BCUT2D eigenvalue weighted by molar-refractivity contribution is 9.10. The summed E-state index contributed by atoms with van der Waals surface area (Å²) in [6, 6.07) is 12.3. The Morgan fingerprint density at radius 3 is 2.95 bits per heavy atom. The van der Waals surface area contributed by atoms with Crippen LogP contribution in [0.15, 0.2) is 34.8 Å². The number of aryl methyl sites for hydroxylation is 2. The summed E-state index contributed by atoms with van der Waals surface area (Å²) in [5.74, 6) is 0.698. The molecule has 0 saturated carbocycles. The fourth-order valence-electron chi connectivity index (χ4n) is 2.51. The first-order valence-corrected chi connectivity index (χ1v) is 7.47. The molecule has 1 N–H and O–H groups in total. The van der Waals surface area contributed by atoms with E-state index in [1.165, 1.54) is 5.56 Å². The van der Waals surface area contributed by atoms with Crippen LogP contribution in [-0.4, -0.2) is 4.98 Å². The normalized spacial score (nSPS) is 12.8. The van der Waals surface area contributed by atoms with Gasteiger partial charge in [0.15, 0.2) is 0 Å². The van der Waals surface area contributed by atoms with Crippen LogP contribution in [0, 0.1) is 11.3 Å². The molecule has 1 aromatic carbocycles. The second kappa shape index (κ2) is 5.64. The molecular weight excluding hydrogens is 314 g/mol. The van der Waals surface area contributed by atoms with Crippen LogP contribution in [0.1, 0.15) is 28.8 Å². The predicted octanol–water partition coefficient (Wildman–Crippen LogP) is 3.82. The van der Waals surface area contributed by atoms with Gasteiger partial charge in [0, 0.05) is 16.7 Å². The Hall–Kier alpha value is -1.86. The van der Waals surface area contributed by atoms with Gasteiger partial charge in [-0.1, -0.05) is 34.1 Å². The molecule has 0 unspecified atom stereocenters. The van der Waals surface area contributed by atoms with Crippen molar-refractivity contribution < 1.29 is 0 Å². The van der Waals surface area contributed by atoms with Crippen molar-refractivity contribution in [3.8, 4) is 6.07 Å². The van der Waals surface area contributed by atoms with Crippen LogP contribution in [-0.2, 0) is 19.4 Å². The predicted molar refractivity (Wildman–Crippen MR) is 82.4 cm³/mol. The zero-order valence-electron chi connectivity index (χ0n) is 11.0. The van der Waals surface area contributed by atoms with Crippen molar-refractivity contribution in [2.24, 2.45) is 0 Å². The zero-order chi connectivity index (χ0) is 13.9. The van der Waals surface area contributed by atoms with Crippen LogP contribution in [0.3, 0.4) is 0 Å². The second-order valence-electron chi connectivity index (χ2n) is 4.90. The fourth-order valence-corrected chi connectivity index (χ4v) is 2.94. The van der Waals surface area contributed by atoms with E-state index in [0.29, 0.717) is 17.9 Å². The molecular formula is C16H14BrN3. The molecule has 20 heavy (non-hydrogen) atoms. The number of nitrogens with zero attached hydrogens (tertiary/aromatic N) is 2. The molecule has 3 nitrogen and oxygen atoms in total. The van der Waals surface area contributed by atoms with E-state index in [9.17, 15) is 5.26 Å². The number of fused-ring (bicyclic) bond motifs is 1. The first-order valence-electron chi connectivity index (χ1n) is 6.68. The van der Waals surface area contributed by atoms with E-state index < -0.39 is 0 Å². The minimum Gasteiger partial charge on any atom is -0.365 e. The van der Waals surface area contributed by atoms with E-state index in [2.05, 4.69) is 38.4 Å². The maximum absolute atomic E-state index is 9.26. The van der Waals surface area contributed by atoms with Crippen molar-refractivity contribution in [2.45, 2.75) is 25.8 Å². The maximum atomic E-state index is 9.26. The van der Waals surface area contributed by atoms with Crippen LogP contribution in [0.4, 0.5) is 5.82 Å². The van der Waals surface area contributed by atoms with Gasteiger partial charge in [-0.05, 0) is 42.5 Å². The minimum absolute atomic E-state index is 0.637. The molecule has 3 rings (SSSR count). The number of benzene rings is 1. The van der Waals surface area contributed by atoms with Crippen molar-refractivity contribution in [3.63, 3.8) is 0 Å². The van der Waals surface area contributed by atoms with Crippen molar-refractivity contribution >= 4 is 21.7 Å². The van der Waals surface area contributed by atoms with Crippen LogP contribution >= 0.6 is 15.9 Å². The smallest absolute Gasteiger partial charge is 0.144 e. The lowest BCUT2D eigenvalue weighted by Crippen LogP contribution is -2.06. The monoisotopic (exact) mass is 327 g/mol. The molecule has 0 bridgehead atoms. The van der Waals surface area contributed by atoms with Crippen molar-refractivity contribution in [3.05, 3.63) is 57.2 Å². The van der Waals surface area contributed by atoms with Crippen LogP contribution in [0.5, 0.6) is 0 Å². The van der Waals surface area contributed by atoms with Crippen LogP contribution in [0.25, 0.3) is 0 Å². The first kappa shape index (κ1) is 13.1. The molecule has 4 heteroatoms. The summed E-state index contributed by atoms with van der Waals surface area (Å²) in [4.78, 5) is 4.62. The number of rotatable bonds is 3. The highest BCUT2D eigenvalue weighted by atomic mass is 79.9. The number of pyridine rings is 1. The SMILES string of the molecule is N#Cc1cc2c(nc1NCc1ccccc1Br)CCC2. The molecule has 0 spiro atoms. The first-order chi connectivity index (χ1) is 9.78. The number of aromatic nitrogens is 1. The molecule has 1 heterocycles. The van der Waals surface area contributed by atoms with E-state index >= 15 is 0 Å². The van der Waals surface area contributed by atoms with E-state index in [1.807, 2.05) is 24.3 Å². The van der Waals surface area contributed by atoms with E-state index in [1.54, 1.807) is 0 Å². The summed E-state index contributed by atoms with van der Waals surface area (Å²) >= 11 is 3.53. The third-order valence-electron chi connectivity index (χ3n) is 3.58. The molecule has 1 aliphatic rings. The molecule has 1 aromatic heterocycles. The fraction of sp³-hybridized carbons (Fsp3) is 0.250. The second-order valence-corrected chi connectivity index (χ2v) is 5.76. The summed E-state index contributed by atoms with van der Waals surface area (Å²) in [6.45, 7) is 0.655. The largest absolute Gasteiger partial charge is 0.365 e. The Labute approximate surface area is 126 Å². The van der Waals surface area contributed by atoms with Crippen molar-refractivity contribution in [1.29, 1.82) is 5.26 Å². The molecule has 0 fully saturated rings. The number of nitrogens with one attached hydrogen (secondary N) is 1. The van der Waals surface area contributed by atoms with Gasteiger partial charge in [0.1, 0.15) is 11.9 Å². The van der Waals surface area contributed by atoms with Gasteiger partial charge in [-0.3, -0.25) is 0 Å². The number of nitriles is 1. The lowest BCUT2D eigenvalue weighted by atomic mass is 10.1. The lowest BCUT2D eigenvalue weighted by molar-refractivity contribution is 0.899. The standard InChI is InChI=1S/C16H14BrN3/c17-14-6-2-1-4-12(14)10-19-16-13(9-18)8-11-5-3-7-15(11)20-16/h1-2,4,6,8H,3,5,7,10H2,(H,19,20). The molecule has 0 saturated heterocycles. The van der Waals surface area contributed by atoms with Gasteiger partial charge in [0.2, 0.25) is 0 Å². The Kier molecular flexibility index (Phi) is 3.70. The Morgan fingerprint density at radius 1 is 1.30 bits per heavy atom. The van der Waals surface area contributed by atoms with Gasteiger partial charge in [-0.15, -0.1) is 0 Å². The third-order valence-corrected chi connectivity index (χ3v) is 4.35. The van der Waals surface area contributed by atoms with Gasteiger partial charge in [-0.2, -0.15) is 5.26 Å². The zero-order valence-corrected chi connectivity index (χ0v) is 12.6. The molecule has 100 valence electrons. The van der Waals surface area contributed by atoms with Gasteiger partial charge < -0.3 is 5.32 Å². The summed E-state index contributed by atoms with van der Waals surface area (Å²) in [5, 5.41) is 12.5. The molecule has 0 amide bonds. The van der Waals surface area contributed by atoms with Gasteiger partial charge in [0.05, 0.1) is 5.56 Å². The molecule has 0 radical (unpaired) electrons. The average molecular weight is 328 g/mol. The van der Waals surface area contributed by atoms with Crippen LogP contribution < -0.4 is 5.32 Å². The maximum Gasteiger partial charge on any atom is 0.144 e. The Balaban J connectivity index is 1.84. The summed E-state index contributed by atoms with van der Waals surface area (Å²) in [5.41, 5.74) is 4.16. The molecule has 0 aliphatic heterocycles. The van der Waals surface area contributed by atoms with Gasteiger partial charge in [0.25, 0.3) is 0 Å². The number of hydrogen-bond acceptors (Lipinski definition) is 3. The highest BCUT2D eigenvalue weighted by Crippen LogP contribution is 2.25. The molecule has 1 aliphatic carbocycles. The van der Waals surface area contributed by atoms with Gasteiger partial charge >= 0.3 is 0 Å². The van der Waals surface area contributed by atoms with Crippen LogP contribution in [0.2, 0.25) is 0 Å².